The van der Waals surface area contributed by atoms with Crippen LogP contribution in [0.5, 0.6) is 0 Å². The Morgan fingerprint density at radius 3 is 2.34 bits per heavy atom. The monoisotopic (exact) mass is 496 g/mol. The Morgan fingerprint density at radius 1 is 1.16 bits per heavy atom. The van der Waals surface area contributed by atoms with Gasteiger partial charge < -0.3 is 9.90 Å². The van der Waals surface area contributed by atoms with Gasteiger partial charge in [0, 0.05) is 24.0 Å². The molecule has 0 fully saturated rings. The second-order valence-corrected chi connectivity index (χ2v) is 8.63. The molecule has 0 aliphatic carbocycles. The van der Waals surface area contributed by atoms with E-state index in [0.717, 1.165) is 34.2 Å². The van der Waals surface area contributed by atoms with Crippen molar-refractivity contribution in [2.24, 2.45) is 0 Å². The van der Waals surface area contributed by atoms with E-state index in [9.17, 15) is 36.3 Å². The number of carboxylic acids is 1. The van der Waals surface area contributed by atoms with E-state index in [-0.39, 0.29) is 50.8 Å². The van der Waals surface area contributed by atoms with Crippen LogP contribution < -0.4 is 39.4 Å². The van der Waals surface area contributed by atoms with E-state index in [0.29, 0.717) is 0 Å². The van der Waals surface area contributed by atoms with Crippen molar-refractivity contribution >= 4 is 33.2 Å². The molecule has 164 valence electrons. The van der Waals surface area contributed by atoms with Gasteiger partial charge in [0.05, 0.1) is 10.6 Å². The van der Waals surface area contributed by atoms with Crippen molar-refractivity contribution in [2.45, 2.75) is 23.9 Å². The fraction of sp³-hybridized carbons (Fsp3) is 0.176. The maximum absolute atomic E-state index is 13.1. The number of nitrogens with one attached hydrogen (secondary N) is 1. The number of hydrogen-bond donors (Lipinski definition) is 1. The SMILES string of the molecule is O=C([O-])CCC(=O)NS(=O)(=O)c1ccc(-n2nc(C(F)(F)F)cc2-c2nccs2)cc1.[Na+]. The van der Waals surface area contributed by atoms with E-state index >= 15 is 0 Å². The molecule has 0 bridgehead atoms. The summed E-state index contributed by atoms with van der Waals surface area (Å²) in [5.74, 6) is -2.55. The van der Waals surface area contributed by atoms with Crippen molar-refractivity contribution in [1.29, 1.82) is 0 Å². The number of alkyl halides is 3. The molecule has 0 aliphatic rings. The fourth-order valence-electron chi connectivity index (χ4n) is 2.46. The number of hydrogen-bond acceptors (Lipinski definition) is 8. The quantitative estimate of drug-likeness (QED) is 0.388. The standard InChI is InChI=1S/C17H13F3N4O5S2.Na/c18-17(19,20)13-9-12(16-21-7-8-30-16)24(22-13)10-1-3-11(4-2-10)31(28,29)23-14(25)5-6-15(26)27;/h1-4,7-9H,5-6H2,(H,23,25)(H,26,27);/q;+1/p-1. The van der Waals surface area contributed by atoms with Gasteiger partial charge in [-0.15, -0.1) is 11.3 Å². The van der Waals surface area contributed by atoms with Gasteiger partial charge in [-0.25, -0.2) is 22.8 Å². The van der Waals surface area contributed by atoms with Crippen LogP contribution in [-0.2, 0) is 25.8 Å². The molecule has 1 N–H and O–H groups in total. The summed E-state index contributed by atoms with van der Waals surface area (Å²) in [6.45, 7) is 0. The number of thiazole rings is 1. The number of benzene rings is 1. The van der Waals surface area contributed by atoms with Gasteiger partial charge >= 0.3 is 35.7 Å². The maximum Gasteiger partial charge on any atom is 1.00 e. The van der Waals surface area contributed by atoms with Crippen LogP contribution in [0.4, 0.5) is 13.2 Å². The van der Waals surface area contributed by atoms with E-state index in [2.05, 4.69) is 10.1 Å². The number of halogens is 3. The summed E-state index contributed by atoms with van der Waals surface area (Å²) in [5.41, 5.74) is -0.953. The van der Waals surface area contributed by atoms with Crippen LogP contribution in [0.3, 0.4) is 0 Å². The Balaban J connectivity index is 0.00000363. The molecule has 3 rings (SSSR count). The van der Waals surface area contributed by atoms with E-state index < -0.39 is 46.6 Å². The molecule has 0 unspecified atom stereocenters. The molecule has 0 radical (unpaired) electrons. The second-order valence-electron chi connectivity index (χ2n) is 6.06. The number of amides is 1. The van der Waals surface area contributed by atoms with Gasteiger partial charge in [0.15, 0.2) is 5.69 Å². The van der Waals surface area contributed by atoms with Crippen molar-refractivity contribution in [3.8, 4) is 16.4 Å². The predicted octanol–water partition coefficient (Wildman–Crippen LogP) is -1.65. The third-order valence-corrected chi connectivity index (χ3v) is 6.03. The number of rotatable bonds is 7. The first-order chi connectivity index (χ1) is 14.5. The number of carbonyl (C=O) groups is 2. The second kappa shape index (κ2) is 10.1. The molecule has 0 saturated carbocycles. The number of aliphatic carboxylic acids is 1. The summed E-state index contributed by atoms with van der Waals surface area (Å²) >= 11 is 1.10. The Morgan fingerprint density at radius 2 is 1.81 bits per heavy atom. The Hall–Kier alpha value is -2.26. The molecule has 1 aromatic carbocycles. The summed E-state index contributed by atoms with van der Waals surface area (Å²) in [4.78, 5) is 25.6. The minimum absolute atomic E-state index is 0. The predicted molar refractivity (Wildman–Crippen MR) is 99.2 cm³/mol. The molecule has 9 nitrogen and oxygen atoms in total. The number of nitrogens with zero attached hydrogens (tertiary/aromatic N) is 3. The molecule has 15 heteroatoms. The van der Waals surface area contributed by atoms with Crippen LogP contribution in [0, 0.1) is 0 Å². The van der Waals surface area contributed by atoms with Crippen LogP contribution in [-0.4, -0.2) is 35.1 Å². The van der Waals surface area contributed by atoms with E-state index in [1.807, 2.05) is 0 Å². The third-order valence-electron chi connectivity index (χ3n) is 3.85. The normalized spacial score (nSPS) is 11.6. The zero-order valence-corrected chi connectivity index (χ0v) is 19.9. The van der Waals surface area contributed by atoms with Crippen LogP contribution in [0.15, 0.2) is 46.8 Å². The van der Waals surface area contributed by atoms with Gasteiger partial charge in [-0.2, -0.15) is 18.3 Å². The Bertz CT molecular complexity index is 1210. The first-order valence-corrected chi connectivity index (χ1v) is 10.8. The van der Waals surface area contributed by atoms with Gasteiger partial charge in [-0.05, 0) is 36.8 Å². The molecule has 0 saturated heterocycles. The summed E-state index contributed by atoms with van der Waals surface area (Å²) in [7, 11) is -4.31. The largest absolute Gasteiger partial charge is 1.00 e. The Labute approximate surface area is 205 Å². The molecular formula is C17H12F3N4NaO5S2. The molecule has 32 heavy (non-hydrogen) atoms. The fourth-order valence-corrected chi connectivity index (χ4v) is 4.11. The molecule has 1 amide bonds. The van der Waals surface area contributed by atoms with Crippen molar-refractivity contribution in [2.75, 3.05) is 0 Å². The molecule has 0 atom stereocenters. The van der Waals surface area contributed by atoms with Gasteiger partial charge in [0.25, 0.3) is 10.0 Å². The van der Waals surface area contributed by atoms with E-state index in [1.54, 1.807) is 10.1 Å². The van der Waals surface area contributed by atoms with E-state index in [4.69, 9.17) is 0 Å². The van der Waals surface area contributed by atoms with Gasteiger partial charge in [0.2, 0.25) is 5.91 Å². The number of sulfonamides is 1. The first kappa shape index (κ1) is 26.0. The van der Waals surface area contributed by atoms with E-state index in [1.165, 1.54) is 18.3 Å². The van der Waals surface area contributed by atoms with Gasteiger partial charge in [-0.1, -0.05) is 0 Å². The van der Waals surface area contributed by atoms with Crippen molar-refractivity contribution < 1.29 is 65.8 Å². The average Bonchev–Trinajstić information content (AvgIpc) is 3.35. The molecule has 2 heterocycles. The molecule has 2 aromatic heterocycles. The van der Waals surface area contributed by atoms with Crippen LogP contribution in [0.25, 0.3) is 16.4 Å². The molecule has 0 spiro atoms. The Kier molecular flexibility index (Phi) is 8.22. The molecular weight excluding hydrogens is 484 g/mol. The third kappa shape index (κ3) is 6.16. The van der Waals surface area contributed by atoms with Crippen LogP contribution >= 0.6 is 11.3 Å². The van der Waals surface area contributed by atoms with Crippen molar-refractivity contribution in [3.63, 3.8) is 0 Å². The number of carbonyl (C=O) groups excluding carboxylic acids is 2. The van der Waals surface area contributed by atoms with Gasteiger partial charge in [0.1, 0.15) is 10.7 Å². The van der Waals surface area contributed by atoms with Gasteiger partial charge in [-0.3, -0.25) is 4.79 Å². The van der Waals surface area contributed by atoms with Crippen molar-refractivity contribution in [1.82, 2.24) is 19.5 Å². The average molecular weight is 496 g/mol. The number of aromatic nitrogens is 3. The summed E-state index contributed by atoms with van der Waals surface area (Å²) in [6, 6.07) is 5.41. The minimum atomic E-state index is -4.70. The topological polar surface area (TPSA) is 134 Å². The summed E-state index contributed by atoms with van der Waals surface area (Å²) in [6.07, 6.45) is -4.52. The maximum atomic E-state index is 13.1. The summed E-state index contributed by atoms with van der Waals surface area (Å²) in [5, 5.41) is 15.8. The van der Waals surface area contributed by atoms with Crippen LogP contribution in [0.2, 0.25) is 0 Å². The first-order valence-electron chi connectivity index (χ1n) is 8.40. The summed E-state index contributed by atoms with van der Waals surface area (Å²) < 4.78 is 66.6. The minimum Gasteiger partial charge on any atom is -0.550 e. The van der Waals surface area contributed by atoms with Crippen LogP contribution in [0.1, 0.15) is 18.5 Å². The smallest absolute Gasteiger partial charge is 0.550 e. The number of carboxylic acid groups (broad SMARTS) is 1. The molecule has 3 aromatic rings. The zero-order chi connectivity index (χ0) is 22.8. The van der Waals surface area contributed by atoms with Crippen molar-refractivity contribution in [3.05, 3.63) is 47.6 Å². The molecule has 0 aliphatic heterocycles. The zero-order valence-electron chi connectivity index (χ0n) is 16.3.